The van der Waals surface area contributed by atoms with Gasteiger partial charge < -0.3 is 11.1 Å². The average molecular weight is 400 g/mol. The van der Waals surface area contributed by atoms with Crippen LogP contribution in [0.4, 0.5) is 0 Å². The van der Waals surface area contributed by atoms with Gasteiger partial charge in [-0.25, -0.2) is 0 Å². The summed E-state index contributed by atoms with van der Waals surface area (Å²) in [5.74, 6) is 1.11. The van der Waals surface area contributed by atoms with Crippen molar-refractivity contribution in [3.63, 3.8) is 0 Å². The first-order valence-corrected chi connectivity index (χ1v) is 12.0. The molecule has 0 spiro atoms. The molecule has 3 atom stereocenters. The second-order valence-corrected chi connectivity index (χ2v) is 9.23. The van der Waals surface area contributed by atoms with Crippen LogP contribution in [0, 0.1) is 5.92 Å². The van der Waals surface area contributed by atoms with E-state index < -0.39 is 0 Å². The number of piperidine rings is 1. The summed E-state index contributed by atoms with van der Waals surface area (Å²) in [4.78, 5) is 14.3. The summed E-state index contributed by atoms with van der Waals surface area (Å²) in [5, 5.41) is 3.65. The van der Waals surface area contributed by atoms with Crippen molar-refractivity contribution in [2.24, 2.45) is 11.7 Å². The minimum Gasteiger partial charge on any atom is -0.366 e. The van der Waals surface area contributed by atoms with E-state index in [0.29, 0.717) is 11.5 Å². The molecule has 0 aliphatic carbocycles. The fourth-order valence-corrected chi connectivity index (χ4v) is 5.46. The third-order valence-corrected chi connectivity index (χ3v) is 7.38. The first kappa shape index (κ1) is 22.3. The van der Waals surface area contributed by atoms with E-state index in [2.05, 4.69) is 30.1 Å². The SMILES string of the molecule is CCC(CC)CNCCCCCN1[C@@H]2CC[C@H]1CC(c1cccc(C(N)=O)c1)C2. The number of amides is 1. The van der Waals surface area contributed by atoms with Gasteiger partial charge in [0, 0.05) is 17.6 Å². The highest BCUT2D eigenvalue weighted by atomic mass is 16.1. The Bertz CT molecular complexity index is 629. The molecule has 2 bridgehead atoms. The lowest BCUT2D eigenvalue weighted by Crippen LogP contribution is -2.42. The van der Waals surface area contributed by atoms with Crippen molar-refractivity contribution in [3.8, 4) is 0 Å². The topological polar surface area (TPSA) is 58.4 Å². The van der Waals surface area contributed by atoms with Crippen molar-refractivity contribution in [2.75, 3.05) is 19.6 Å². The summed E-state index contributed by atoms with van der Waals surface area (Å²) in [5.41, 5.74) is 7.43. The van der Waals surface area contributed by atoms with Crippen LogP contribution in [-0.4, -0.2) is 42.5 Å². The Labute approximate surface area is 177 Å². The van der Waals surface area contributed by atoms with Gasteiger partial charge in [0.2, 0.25) is 5.91 Å². The molecule has 1 aromatic rings. The van der Waals surface area contributed by atoms with Crippen LogP contribution >= 0.6 is 0 Å². The molecule has 2 fully saturated rings. The van der Waals surface area contributed by atoms with E-state index in [0.717, 1.165) is 18.0 Å². The van der Waals surface area contributed by atoms with Crippen molar-refractivity contribution >= 4 is 5.91 Å². The number of benzene rings is 1. The number of hydrogen-bond donors (Lipinski definition) is 2. The van der Waals surface area contributed by atoms with E-state index in [4.69, 9.17) is 5.73 Å². The largest absolute Gasteiger partial charge is 0.366 e. The smallest absolute Gasteiger partial charge is 0.248 e. The van der Waals surface area contributed by atoms with Crippen LogP contribution in [-0.2, 0) is 0 Å². The highest BCUT2D eigenvalue weighted by molar-refractivity contribution is 5.92. The molecule has 3 N–H and O–H groups in total. The number of rotatable bonds is 12. The van der Waals surface area contributed by atoms with Gasteiger partial charge in [-0.05, 0) is 87.7 Å². The summed E-state index contributed by atoms with van der Waals surface area (Å²) in [6, 6.07) is 9.47. The third-order valence-electron chi connectivity index (χ3n) is 7.38. The monoisotopic (exact) mass is 399 g/mol. The van der Waals surface area contributed by atoms with Crippen LogP contribution in [0.1, 0.15) is 93.5 Å². The maximum Gasteiger partial charge on any atom is 0.248 e. The number of nitrogens with one attached hydrogen (secondary N) is 1. The Kier molecular flexibility index (Phi) is 8.55. The molecule has 0 saturated carbocycles. The lowest BCUT2D eigenvalue weighted by molar-refractivity contribution is 0.1000. The van der Waals surface area contributed by atoms with Crippen LogP contribution in [0.2, 0.25) is 0 Å². The molecule has 0 aromatic heterocycles. The molecule has 2 aliphatic heterocycles. The number of carbonyl (C=O) groups is 1. The van der Waals surface area contributed by atoms with Crippen LogP contribution in [0.5, 0.6) is 0 Å². The van der Waals surface area contributed by atoms with Gasteiger partial charge in [-0.1, -0.05) is 45.2 Å². The zero-order valence-corrected chi connectivity index (χ0v) is 18.5. The van der Waals surface area contributed by atoms with Crippen molar-refractivity contribution in [1.82, 2.24) is 10.2 Å². The van der Waals surface area contributed by atoms with Crippen LogP contribution in [0.3, 0.4) is 0 Å². The molecule has 0 radical (unpaired) electrons. The van der Waals surface area contributed by atoms with E-state index in [9.17, 15) is 4.79 Å². The number of carbonyl (C=O) groups excluding carboxylic acids is 1. The summed E-state index contributed by atoms with van der Waals surface area (Å²) < 4.78 is 0. The average Bonchev–Trinajstić information content (AvgIpc) is 2.97. The molecular weight excluding hydrogens is 358 g/mol. The summed E-state index contributed by atoms with van der Waals surface area (Å²) in [6.07, 6.45) is 11.7. The number of unbranched alkanes of at least 4 members (excludes halogenated alkanes) is 2. The summed E-state index contributed by atoms with van der Waals surface area (Å²) in [6.45, 7) is 8.20. The minimum absolute atomic E-state index is 0.318. The minimum atomic E-state index is -0.318. The molecule has 2 heterocycles. The fraction of sp³-hybridized carbons (Fsp3) is 0.720. The Balaban J connectivity index is 1.39. The normalized spacial score (nSPS) is 24.3. The molecule has 29 heavy (non-hydrogen) atoms. The van der Waals surface area contributed by atoms with Gasteiger partial charge in [-0.3, -0.25) is 9.69 Å². The van der Waals surface area contributed by atoms with Crippen molar-refractivity contribution in [2.45, 2.75) is 89.6 Å². The number of primary amides is 1. The Morgan fingerprint density at radius 1 is 1.14 bits per heavy atom. The predicted octanol–water partition coefficient (Wildman–Crippen LogP) is 4.69. The number of hydrogen-bond acceptors (Lipinski definition) is 3. The van der Waals surface area contributed by atoms with E-state index in [1.165, 1.54) is 83.0 Å². The molecule has 2 aliphatic rings. The standard InChI is InChI=1S/C25H41N3O/c1-3-19(4-2)18-27-13-6-5-7-14-28-23-11-12-24(28)17-22(16-23)20-9-8-10-21(15-20)25(26)29/h8-10,15,19,22-24,27H,3-7,11-14,16-18H2,1-2H3,(H2,26,29)/t22?,23-,24+. The highest BCUT2D eigenvalue weighted by Gasteiger charge is 2.40. The number of nitrogens with two attached hydrogens (primary N) is 1. The van der Waals surface area contributed by atoms with E-state index >= 15 is 0 Å². The van der Waals surface area contributed by atoms with E-state index in [-0.39, 0.29) is 5.91 Å². The Morgan fingerprint density at radius 3 is 2.52 bits per heavy atom. The van der Waals surface area contributed by atoms with Gasteiger partial charge in [-0.15, -0.1) is 0 Å². The van der Waals surface area contributed by atoms with Gasteiger partial charge in [0.1, 0.15) is 0 Å². The molecule has 4 heteroatoms. The lowest BCUT2D eigenvalue weighted by Gasteiger charge is -2.39. The fourth-order valence-electron chi connectivity index (χ4n) is 5.46. The molecule has 4 nitrogen and oxygen atoms in total. The van der Waals surface area contributed by atoms with Crippen molar-refractivity contribution < 1.29 is 4.79 Å². The second kappa shape index (κ2) is 11.1. The molecule has 2 saturated heterocycles. The molecule has 1 aromatic carbocycles. The zero-order valence-electron chi connectivity index (χ0n) is 18.5. The van der Waals surface area contributed by atoms with E-state index in [1.54, 1.807) is 0 Å². The highest BCUT2D eigenvalue weighted by Crippen LogP contribution is 2.43. The lowest BCUT2D eigenvalue weighted by atomic mass is 9.84. The molecule has 1 amide bonds. The van der Waals surface area contributed by atoms with E-state index in [1.807, 2.05) is 18.2 Å². The Morgan fingerprint density at radius 2 is 1.86 bits per heavy atom. The first-order valence-electron chi connectivity index (χ1n) is 12.0. The summed E-state index contributed by atoms with van der Waals surface area (Å²) in [7, 11) is 0. The molecular formula is C25H41N3O. The van der Waals surface area contributed by atoms with Gasteiger partial charge in [0.15, 0.2) is 0 Å². The van der Waals surface area contributed by atoms with Gasteiger partial charge >= 0.3 is 0 Å². The first-order chi connectivity index (χ1) is 14.1. The summed E-state index contributed by atoms with van der Waals surface area (Å²) >= 11 is 0. The van der Waals surface area contributed by atoms with Crippen molar-refractivity contribution in [1.29, 1.82) is 0 Å². The zero-order chi connectivity index (χ0) is 20.6. The number of nitrogens with zero attached hydrogens (tertiary/aromatic N) is 1. The maximum atomic E-state index is 11.5. The second-order valence-electron chi connectivity index (χ2n) is 9.23. The van der Waals surface area contributed by atoms with Crippen LogP contribution in [0.25, 0.3) is 0 Å². The maximum absolute atomic E-state index is 11.5. The van der Waals surface area contributed by atoms with Gasteiger partial charge in [0.25, 0.3) is 0 Å². The van der Waals surface area contributed by atoms with Crippen LogP contribution < -0.4 is 11.1 Å². The Hall–Kier alpha value is -1.39. The van der Waals surface area contributed by atoms with Crippen LogP contribution in [0.15, 0.2) is 24.3 Å². The number of fused-ring (bicyclic) bond motifs is 2. The molecule has 3 rings (SSSR count). The van der Waals surface area contributed by atoms with Gasteiger partial charge in [0.05, 0.1) is 0 Å². The molecule has 1 unspecified atom stereocenters. The predicted molar refractivity (Wildman–Crippen MR) is 121 cm³/mol. The third kappa shape index (κ3) is 6.05. The quantitative estimate of drug-likeness (QED) is 0.501. The molecule has 162 valence electrons. The van der Waals surface area contributed by atoms with Crippen molar-refractivity contribution in [3.05, 3.63) is 35.4 Å². The van der Waals surface area contributed by atoms with Gasteiger partial charge in [-0.2, -0.15) is 0 Å².